The van der Waals surface area contributed by atoms with Crippen molar-refractivity contribution in [2.75, 3.05) is 19.7 Å². The summed E-state index contributed by atoms with van der Waals surface area (Å²) in [6.45, 7) is 1.72. The lowest BCUT2D eigenvalue weighted by Gasteiger charge is -2.32. The van der Waals surface area contributed by atoms with E-state index in [2.05, 4.69) is 4.98 Å². The SMILES string of the molecule is O=C(c1cc(Cl)c[nH]1)N1CCCC(CCO)C1. The number of piperidine rings is 1. The van der Waals surface area contributed by atoms with Gasteiger partial charge in [0.2, 0.25) is 0 Å². The summed E-state index contributed by atoms with van der Waals surface area (Å²) in [4.78, 5) is 16.9. The molecule has 1 aromatic rings. The van der Waals surface area contributed by atoms with Crippen LogP contribution in [-0.4, -0.2) is 40.6 Å². The van der Waals surface area contributed by atoms with Crippen molar-refractivity contribution < 1.29 is 9.90 Å². The van der Waals surface area contributed by atoms with Gasteiger partial charge in [-0.3, -0.25) is 4.79 Å². The van der Waals surface area contributed by atoms with Crippen LogP contribution in [0.1, 0.15) is 29.8 Å². The van der Waals surface area contributed by atoms with Crippen LogP contribution in [-0.2, 0) is 0 Å². The Bertz CT molecular complexity index is 390. The van der Waals surface area contributed by atoms with E-state index >= 15 is 0 Å². The van der Waals surface area contributed by atoms with E-state index < -0.39 is 0 Å². The number of nitrogens with one attached hydrogen (secondary N) is 1. The van der Waals surface area contributed by atoms with E-state index in [9.17, 15) is 4.79 Å². The molecule has 1 aliphatic heterocycles. The van der Waals surface area contributed by atoms with Crippen LogP contribution < -0.4 is 0 Å². The number of amides is 1. The lowest BCUT2D eigenvalue weighted by Crippen LogP contribution is -2.40. The first-order chi connectivity index (χ1) is 8.20. The molecule has 17 heavy (non-hydrogen) atoms. The van der Waals surface area contributed by atoms with Crippen LogP contribution in [0.5, 0.6) is 0 Å². The number of aromatic nitrogens is 1. The normalized spacial score (nSPS) is 20.6. The van der Waals surface area contributed by atoms with Gasteiger partial charge in [0.25, 0.3) is 5.91 Å². The summed E-state index contributed by atoms with van der Waals surface area (Å²) in [5.74, 6) is 0.419. The summed E-state index contributed by atoms with van der Waals surface area (Å²) in [6.07, 6.45) is 4.49. The summed E-state index contributed by atoms with van der Waals surface area (Å²) < 4.78 is 0. The molecule has 1 amide bonds. The highest BCUT2D eigenvalue weighted by molar-refractivity contribution is 6.30. The van der Waals surface area contributed by atoms with Gasteiger partial charge in [-0.1, -0.05) is 11.6 Å². The molecule has 1 aliphatic rings. The molecule has 1 fully saturated rings. The summed E-state index contributed by atoms with van der Waals surface area (Å²) in [6, 6.07) is 1.65. The van der Waals surface area contributed by atoms with Crippen molar-refractivity contribution in [3.8, 4) is 0 Å². The van der Waals surface area contributed by atoms with Crippen molar-refractivity contribution in [1.82, 2.24) is 9.88 Å². The maximum absolute atomic E-state index is 12.1. The van der Waals surface area contributed by atoms with Gasteiger partial charge in [0.1, 0.15) is 5.69 Å². The maximum atomic E-state index is 12.1. The van der Waals surface area contributed by atoms with Crippen LogP contribution in [0, 0.1) is 5.92 Å². The fourth-order valence-electron chi connectivity index (χ4n) is 2.33. The first-order valence-corrected chi connectivity index (χ1v) is 6.32. The summed E-state index contributed by atoms with van der Waals surface area (Å²) in [5.41, 5.74) is 0.541. The lowest BCUT2D eigenvalue weighted by atomic mass is 9.95. The van der Waals surface area contributed by atoms with Gasteiger partial charge in [-0.05, 0) is 31.2 Å². The number of rotatable bonds is 3. The zero-order valence-corrected chi connectivity index (χ0v) is 10.4. The Labute approximate surface area is 106 Å². The molecule has 1 unspecified atom stereocenters. The molecule has 5 heteroatoms. The van der Waals surface area contributed by atoms with E-state index in [0.717, 1.165) is 32.4 Å². The Morgan fingerprint density at radius 3 is 3.12 bits per heavy atom. The quantitative estimate of drug-likeness (QED) is 0.868. The molecule has 1 atom stereocenters. The molecule has 4 nitrogen and oxygen atoms in total. The first kappa shape index (κ1) is 12.5. The number of aliphatic hydroxyl groups is 1. The molecule has 1 aromatic heterocycles. The lowest BCUT2D eigenvalue weighted by molar-refractivity contribution is 0.0648. The van der Waals surface area contributed by atoms with Gasteiger partial charge in [0.05, 0.1) is 5.02 Å². The maximum Gasteiger partial charge on any atom is 0.270 e. The summed E-state index contributed by atoms with van der Waals surface area (Å²) >= 11 is 5.79. The van der Waals surface area contributed by atoms with Crippen molar-refractivity contribution in [3.05, 3.63) is 23.0 Å². The van der Waals surface area contributed by atoms with Gasteiger partial charge in [0.15, 0.2) is 0 Å². The summed E-state index contributed by atoms with van der Waals surface area (Å²) in [7, 11) is 0. The molecule has 2 heterocycles. The Hall–Kier alpha value is -1.00. The number of hydrogen-bond acceptors (Lipinski definition) is 2. The fourth-order valence-corrected chi connectivity index (χ4v) is 2.49. The monoisotopic (exact) mass is 256 g/mol. The molecule has 0 spiro atoms. The Kier molecular flexibility index (Phi) is 4.07. The number of carbonyl (C=O) groups excluding carboxylic acids is 1. The number of carbonyl (C=O) groups is 1. The highest BCUT2D eigenvalue weighted by atomic mass is 35.5. The van der Waals surface area contributed by atoms with Crippen molar-refractivity contribution in [1.29, 1.82) is 0 Å². The number of nitrogens with zero attached hydrogens (tertiary/aromatic N) is 1. The third kappa shape index (κ3) is 3.01. The zero-order chi connectivity index (χ0) is 12.3. The van der Waals surface area contributed by atoms with Crippen LogP contribution in [0.3, 0.4) is 0 Å². The molecule has 2 N–H and O–H groups in total. The van der Waals surface area contributed by atoms with E-state index in [0.29, 0.717) is 16.6 Å². The molecule has 0 radical (unpaired) electrons. The Balaban J connectivity index is 1.99. The molecule has 0 saturated carbocycles. The minimum absolute atomic E-state index is 0.000426. The van der Waals surface area contributed by atoms with E-state index in [4.69, 9.17) is 16.7 Å². The standard InChI is InChI=1S/C12H17ClN2O2/c13-10-6-11(14-7-10)12(17)15-4-1-2-9(8-15)3-5-16/h6-7,9,14,16H,1-5,8H2. The minimum atomic E-state index is -0.000426. The molecular weight excluding hydrogens is 240 g/mol. The molecule has 94 valence electrons. The second kappa shape index (κ2) is 5.56. The number of H-pyrrole nitrogens is 1. The van der Waals surface area contributed by atoms with Crippen molar-refractivity contribution >= 4 is 17.5 Å². The van der Waals surface area contributed by atoms with Crippen LogP contribution >= 0.6 is 11.6 Å². The molecule has 0 aromatic carbocycles. The van der Waals surface area contributed by atoms with Crippen LogP contribution in [0.2, 0.25) is 5.02 Å². The molecule has 0 aliphatic carbocycles. The van der Waals surface area contributed by atoms with E-state index in [1.807, 2.05) is 4.90 Å². The molecular formula is C12H17ClN2O2. The Morgan fingerprint density at radius 1 is 1.65 bits per heavy atom. The van der Waals surface area contributed by atoms with Crippen LogP contribution in [0.25, 0.3) is 0 Å². The smallest absolute Gasteiger partial charge is 0.270 e. The molecule has 2 rings (SSSR count). The number of hydrogen-bond donors (Lipinski definition) is 2. The minimum Gasteiger partial charge on any atom is -0.396 e. The van der Waals surface area contributed by atoms with E-state index in [1.54, 1.807) is 12.3 Å². The molecule has 0 bridgehead atoms. The van der Waals surface area contributed by atoms with Gasteiger partial charge in [-0.2, -0.15) is 0 Å². The van der Waals surface area contributed by atoms with Gasteiger partial charge >= 0.3 is 0 Å². The zero-order valence-electron chi connectivity index (χ0n) is 9.66. The average Bonchev–Trinajstić information content (AvgIpc) is 2.76. The third-order valence-corrected chi connectivity index (χ3v) is 3.44. The van der Waals surface area contributed by atoms with E-state index in [1.165, 1.54) is 0 Å². The topological polar surface area (TPSA) is 56.3 Å². The van der Waals surface area contributed by atoms with Gasteiger partial charge in [0, 0.05) is 25.9 Å². The number of aliphatic hydroxyl groups excluding tert-OH is 1. The number of likely N-dealkylation sites (tertiary alicyclic amines) is 1. The van der Waals surface area contributed by atoms with Gasteiger partial charge < -0.3 is 15.0 Å². The first-order valence-electron chi connectivity index (χ1n) is 5.94. The van der Waals surface area contributed by atoms with Crippen LogP contribution in [0.4, 0.5) is 0 Å². The second-order valence-electron chi connectivity index (χ2n) is 4.50. The third-order valence-electron chi connectivity index (χ3n) is 3.22. The average molecular weight is 257 g/mol. The Morgan fingerprint density at radius 2 is 2.47 bits per heavy atom. The fraction of sp³-hybridized carbons (Fsp3) is 0.583. The van der Waals surface area contributed by atoms with Gasteiger partial charge in [-0.15, -0.1) is 0 Å². The van der Waals surface area contributed by atoms with Crippen molar-refractivity contribution in [2.45, 2.75) is 19.3 Å². The largest absolute Gasteiger partial charge is 0.396 e. The number of aromatic amines is 1. The highest BCUT2D eigenvalue weighted by Crippen LogP contribution is 2.21. The van der Waals surface area contributed by atoms with Crippen molar-refractivity contribution in [2.24, 2.45) is 5.92 Å². The predicted octanol–water partition coefficient (Wildman–Crippen LogP) is 1.90. The van der Waals surface area contributed by atoms with Crippen LogP contribution in [0.15, 0.2) is 12.3 Å². The number of halogens is 1. The van der Waals surface area contributed by atoms with Gasteiger partial charge in [-0.25, -0.2) is 0 Å². The second-order valence-corrected chi connectivity index (χ2v) is 4.94. The predicted molar refractivity (Wildman–Crippen MR) is 66.1 cm³/mol. The van der Waals surface area contributed by atoms with E-state index in [-0.39, 0.29) is 12.5 Å². The summed E-state index contributed by atoms with van der Waals surface area (Å²) in [5, 5.41) is 9.49. The van der Waals surface area contributed by atoms with Crippen molar-refractivity contribution in [3.63, 3.8) is 0 Å². The molecule has 1 saturated heterocycles. The highest BCUT2D eigenvalue weighted by Gasteiger charge is 2.24.